The maximum Gasteiger partial charge on any atom is 0.340 e. The zero-order valence-electron chi connectivity index (χ0n) is 14.5. The molecule has 3 aromatic carbocycles. The van der Waals surface area contributed by atoms with Crippen LogP contribution in [0.2, 0.25) is 0 Å². The summed E-state index contributed by atoms with van der Waals surface area (Å²) in [5, 5.41) is 19.8. The molecule has 7 heteroatoms. The molecule has 0 bridgehead atoms. The fourth-order valence-electron chi connectivity index (χ4n) is 3.87. The summed E-state index contributed by atoms with van der Waals surface area (Å²) in [6, 6.07) is 14.7. The molecule has 0 aromatic heterocycles. The summed E-state index contributed by atoms with van der Waals surface area (Å²) in [6.45, 7) is 0.318. The Morgan fingerprint density at radius 1 is 0.857 bits per heavy atom. The number of benzene rings is 3. The van der Waals surface area contributed by atoms with Crippen LogP contribution in [0.15, 0.2) is 54.6 Å². The van der Waals surface area contributed by atoms with Crippen molar-refractivity contribution < 1.29 is 24.5 Å². The number of phenols is 2. The number of carbonyl (C=O) groups excluding carboxylic acids is 1. The van der Waals surface area contributed by atoms with E-state index in [0.717, 1.165) is 5.56 Å². The molecule has 2 aliphatic rings. The lowest BCUT2D eigenvalue weighted by Gasteiger charge is -2.36. The summed E-state index contributed by atoms with van der Waals surface area (Å²) in [5.41, 5.74) is 7.74. The Balaban J connectivity index is 0.00000192. The first-order chi connectivity index (χ1) is 13.0. The minimum atomic E-state index is -1.23. The standard InChI is InChI=1S/C21H15NO5.ClH/c22-10-11-1-4-14-17(7-11)21(27-20(14)25)15-5-2-12(23)8-18(15)26-19-9-13(24)3-6-16(19)21;/h1-9,23-24H,10,22H2;1H. The topological polar surface area (TPSA) is 102 Å². The van der Waals surface area contributed by atoms with E-state index in [1.807, 2.05) is 6.07 Å². The van der Waals surface area contributed by atoms with Crippen LogP contribution in [0.1, 0.15) is 32.6 Å². The molecule has 5 rings (SSSR count). The van der Waals surface area contributed by atoms with Crippen LogP contribution in [0.5, 0.6) is 23.0 Å². The van der Waals surface area contributed by atoms with E-state index in [1.165, 1.54) is 24.3 Å². The third-order valence-corrected chi connectivity index (χ3v) is 5.07. The van der Waals surface area contributed by atoms with Crippen molar-refractivity contribution in [1.29, 1.82) is 0 Å². The van der Waals surface area contributed by atoms with Gasteiger partial charge in [-0.05, 0) is 42.0 Å². The van der Waals surface area contributed by atoms with Crippen molar-refractivity contribution in [1.82, 2.24) is 0 Å². The van der Waals surface area contributed by atoms with Gasteiger partial charge in [-0.1, -0.05) is 6.07 Å². The molecule has 0 amide bonds. The van der Waals surface area contributed by atoms with E-state index in [1.54, 1.807) is 24.3 Å². The lowest BCUT2D eigenvalue weighted by atomic mass is 9.77. The van der Waals surface area contributed by atoms with Crippen LogP contribution in [0.25, 0.3) is 0 Å². The number of ether oxygens (including phenoxy) is 2. The number of halogens is 1. The smallest absolute Gasteiger partial charge is 0.340 e. The van der Waals surface area contributed by atoms with E-state index in [9.17, 15) is 15.0 Å². The van der Waals surface area contributed by atoms with Crippen LogP contribution < -0.4 is 10.5 Å². The molecule has 2 heterocycles. The molecular weight excluding hydrogens is 382 g/mol. The number of hydrogen-bond acceptors (Lipinski definition) is 6. The third-order valence-electron chi connectivity index (χ3n) is 5.07. The number of phenolic OH excluding ortho intramolecular Hbond substituents is 2. The number of aromatic hydroxyl groups is 2. The number of nitrogens with two attached hydrogens (primary N) is 1. The molecule has 1 spiro atoms. The second-order valence-electron chi connectivity index (χ2n) is 6.62. The molecule has 3 aromatic rings. The predicted octanol–water partition coefficient (Wildman–Crippen LogP) is 3.55. The van der Waals surface area contributed by atoms with Crippen LogP contribution in [0.3, 0.4) is 0 Å². The van der Waals surface area contributed by atoms with Crippen molar-refractivity contribution in [3.63, 3.8) is 0 Å². The molecule has 0 unspecified atom stereocenters. The van der Waals surface area contributed by atoms with E-state index < -0.39 is 11.6 Å². The monoisotopic (exact) mass is 397 g/mol. The third kappa shape index (κ3) is 2.28. The molecule has 0 fully saturated rings. The molecule has 0 saturated heterocycles. The predicted molar refractivity (Wildman–Crippen MR) is 103 cm³/mol. The first-order valence-electron chi connectivity index (χ1n) is 8.44. The van der Waals surface area contributed by atoms with Gasteiger partial charge < -0.3 is 25.4 Å². The van der Waals surface area contributed by atoms with Crippen molar-refractivity contribution in [3.05, 3.63) is 82.4 Å². The maximum atomic E-state index is 12.7. The normalized spacial score (nSPS) is 15.0. The molecule has 0 saturated carbocycles. The molecular formula is C21H16ClNO5. The van der Waals surface area contributed by atoms with Crippen LogP contribution in [0, 0.1) is 0 Å². The molecule has 28 heavy (non-hydrogen) atoms. The minimum absolute atomic E-state index is 0. The molecule has 2 aliphatic heterocycles. The zero-order valence-corrected chi connectivity index (χ0v) is 15.3. The van der Waals surface area contributed by atoms with Gasteiger partial charge in [-0.15, -0.1) is 12.4 Å². The Hall–Kier alpha value is -3.22. The highest BCUT2D eigenvalue weighted by Gasteiger charge is 2.53. The van der Waals surface area contributed by atoms with Crippen molar-refractivity contribution in [2.24, 2.45) is 5.73 Å². The van der Waals surface area contributed by atoms with Gasteiger partial charge in [-0.25, -0.2) is 4.79 Å². The second kappa shape index (κ2) is 6.15. The van der Waals surface area contributed by atoms with Gasteiger partial charge in [0.05, 0.1) is 5.56 Å². The molecule has 0 atom stereocenters. The lowest BCUT2D eigenvalue weighted by Crippen LogP contribution is -2.33. The Labute approximate surface area is 166 Å². The van der Waals surface area contributed by atoms with Gasteiger partial charge in [-0.2, -0.15) is 0 Å². The van der Waals surface area contributed by atoms with Crippen LogP contribution in [-0.4, -0.2) is 16.2 Å². The van der Waals surface area contributed by atoms with Crippen molar-refractivity contribution in [2.75, 3.05) is 0 Å². The SMILES string of the molecule is Cl.NCc1ccc2c(c1)C1(OC2=O)c2ccc(O)cc2Oc2cc(O)ccc21. The number of esters is 1. The Morgan fingerprint density at radius 2 is 1.46 bits per heavy atom. The van der Waals surface area contributed by atoms with E-state index in [-0.39, 0.29) is 23.9 Å². The van der Waals surface area contributed by atoms with Gasteiger partial charge in [0.2, 0.25) is 0 Å². The highest BCUT2D eigenvalue weighted by atomic mass is 35.5. The molecule has 142 valence electrons. The van der Waals surface area contributed by atoms with Crippen molar-refractivity contribution >= 4 is 18.4 Å². The number of carbonyl (C=O) groups is 1. The van der Waals surface area contributed by atoms with E-state index in [2.05, 4.69) is 0 Å². The van der Waals surface area contributed by atoms with Crippen LogP contribution in [0.4, 0.5) is 0 Å². The zero-order chi connectivity index (χ0) is 18.8. The average Bonchev–Trinajstić information content (AvgIpc) is 2.94. The highest BCUT2D eigenvalue weighted by molar-refractivity contribution is 5.97. The number of fused-ring (bicyclic) bond motifs is 6. The van der Waals surface area contributed by atoms with Gasteiger partial charge >= 0.3 is 5.97 Å². The second-order valence-corrected chi connectivity index (χ2v) is 6.62. The van der Waals surface area contributed by atoms with Gasteiger partial charge in [0.15, 0.2) is 5.60 Å². The summed E-state index contributed by atoms with van der Waals surface area (Å²) in [4.78, 5) is 12.7. The Morgan fingerprint density at radius 3 is 2.04 bits per heavy atom. The average molecular weight is 398 g/mol. The van der Waals surface area contributed by atoms with Crippen LogP contribution in [-0.2, 0) is 16.9 Å². The quantitative estimate of drug-likeness (QED) is 0.543. The largest absolute Gasteiger partial charge is 0.508 e. The van der Waals surface area contributed by atoms with Crippen LogP contribution >= 0.6 is 12.4 Å². The molecule has 0 radical (unpaired) electrons. The van der Waals surface area contributed by atoms with Gasteiger partial charge in [-0.3, -0.25) is 0 Å². The first-order valence-corrected chi connectivity index (χ1v) is 8.44. The Bertz CT molecular complexity index is 1080. The highest BCUT2D eigenvalue weighted by Crippen LogP contribution is 2.57. The van der Waals surface area contributed by atoms with Crippen molar-refractivity contribution in [3.8, 4) is 23.0 Å². The lowest BCUT2D eigenvalue weighted by molar-refractivity contribution is 0.0224. The van der Waals surface area contributed by atoms with Crippen molar-refractivity contribution in [2.45, 2.75) is 12.1 Å². The maximum absolute atomic E-state index is 12.7. The molecule has 0 aliphatic carbocycles. The van der Waals surface area contributed by atoms with E-state index in [4.69, 9.17) is 15.2 Å². The van der Waals surface area contributed by atoms with E-state index >= 15 is 0 Å². The van der Waals surface area contributed by atoms with Gasteiger partial charge in [0.25, 0.3) is 0 Å². The summed E-state index contributed by atoms with van der Waals surface area (Å²) < 4.78 is 11.9. The summed E-state index contributed by atoms with van der Waals surface area (Å²) in [6.07, 6.45) is 0. The fourth-order valence-corrected chi connectivity index (χ4v) is 3.87. The van der Waals surface area contributed by atoms with E-state index in [0.29, 0.717) is 40.3 Å². The first kappa shape index (κ1) is 18.2. The van der Waals surface area contributed by atoms with Gasteiger partial charge in [0.1, 0.15) is 23.0 Å². The Kier molecular flexibility index (Phi) is 3.99. The summed E-state index contributed by atoms with van der Waals surface area (Å²) >= 11 is 0. The van der Waals surface area contributed by atoms with Gasteiger partial charge in [0, 0.05) is 35.4 Å². The number of rotatable bonds is 1. The molecule has 6 nitrogen and oxygen atoms in total. The summed E-state index contributed by atoms with van der Waals surface area (Å²) in [7, 11) is 0. The summed E-state index contributed by atoms with van der Waals surface area (Å²) in [5.74, 6) is 0.299. The minimum Gasteiger partial charge on any atom is -0.508 e. The fraction of sp³-hybridized carbons (Fsp3) is 0.0952. The number of hydrogen-bond donors (Lipinski definition) is 3. The molecule has 4 N–H and O–H groups in total.